The first-order chi connectivity index (χ1) is 12.6. The molecule has 0 fully saturated rings. The van der Waals surface area contributed by atoms with E-state index in [-0.39, 0.29) is 11.5 Å². The van der Waals surface area contributed by atoms with Gasteiger partial charge in [-0.1, -0.05) is 29.8 Å². The molecule has 2 aromatic heterocycles. The number of carbonyl (C=O) groups is 1. The van der Waals surface area contributed by atoms with Gasteiger partial charge in [0.1, 0.15) is 5.39 Å². The number of hydrogen-bond acceptors (Lipinski definition) is 4. The highest BCUT2D eigenvalue weighted by molar-refractivity contribution is 6.30. The van der Waals surface area contributed by atoms with Crippen LogP contribution in [0, 0.1) is 0 Å². The van der Waals surface area contributed by atoms with E-state index in [0.29, 0.717) is 21.6 Å². The molecule has 0 aliphatic heterocycles. The van der Waals surface area contributed by atoms with Crippen molar-refractivity contribution in [3.63, 3.8) is 0 Å². The van der Waals surface area contributed by atoms with Gasteiger partial charge < -0.3 is 0 Å². The first kappa shape index (κ1) is 16.0. The van der Waals surface area contributed by atoms with Crippen LogP contribution in [0.2, 0.25) is 5.02 Å². The number of benzene rings is 2. The summed E-state index contributed by atoms with van der Waals surface area (Å²) < 4.78 is 1.54. The molecule has 2 N–H and O–H groups in total. The smallest absolute Gasteiger partial charge is 0.263 e. The molecule has 2 heterocycles. The van der Waals surface area contributed by atoms with Crippen molar-refractivity contribution in [2.75, 3.05) is 5.32 Å². The van der Waals surface area contributed by atoms with Crippen molar-refractivity contribution in [3.8, 4) is 5.69 Å². The Bertz CT molecular complexity index is 1150. The van der Waals surface area contributed by atoms with Crippen molar-refractivity contribution < 1.29 is 4.79 Å². The summed E-state index contributed by atoms with van der Waals surface area (Å²) in [6, 6.07) is 15.7. The second kappa shape index (κ2) is 6.45. The first-order valence-corrected chi connectivity index (χ1v) is 8.10. The van der Waals surface area contributed by atoms with Crippen LogP contribution in [0.3, 0.4) is 0 Å². The molecule has 1 amide bonds. The summed E-state index contributed by atoms with van der Waals surface area (Å²) >= 11 is 5.82. The van der Waals surface area contributed by atoms with Crippen LogP contribution in [0.15, 0.2) is 65.6 Å². The van der Waals surface area contributed by atoms with Gasteiger partial charge in [-0.15, -0.1) is 0 Å². The minimum absolute atomic E-state index is 0.0418. The SMILES string of the molecule is O=C(Nc1nc2c(cnn2-c2ccccc2)c(=O)[nH]1)c1ccc(Cl)cc1. The number of rotatable bonds is 3. The van der Waals surface area contributed by atoms with Gasteiger partial charge in [0.25, 0.3) is 11.5 Å². The lowest BCUT2D eigenvalue weighted by atomic mass is 10.2. The Balaban J connectivity index is 1.73. The van der Waals surface area contributed by atoms with Gasteiger partial charge in [-0.3, -0.25) is 19.9 Å². The Labute approximate surface area is 152 Å². The predicted octanol–water partition coefficient (Wildman–Crippen LogP) is 3.01. The zero-order valence-electron chi connectivity index (χ0n) is 13.3. The molecule has 0 bridgehead atoms. The highest BCUT2D eigenvalue weighted by atomic mass is 35.5. The fourth-order valence-electron chi connectivity index (χ4n) is 2.52. The van der Waals surface area contributed by atoms with Crippen molar-refractivity contribution in [1.29, 1.82) is 0 Å². The number of nitrogens with zero attached hydrogens (tertiary/aromatic N) is 3. The molecule has 0 spiro atoms. The molecule has 0 unspecified atom stereocenters. The third-order valence-electron chi connectivity index (χ3n) is 3.78. The normalized spacial score (nSPS) is 10.8. The minimum atomic E-state index is -0.407. The molecule has 0 saturated carbocycles. The number of nitrogens with one attached hydrogen (secondary N) is 2. The van der Waals surface area contributed by atoms with Gasteiger partial charge in [0.2, 0.25) is 5.95 Å². The summed E-state index contributed by atoms with van der Waals surface area (Å²) in [6.45, 7) is 0. The van der Waals surface area contributed by atoms with Crippen LogP contribution < -0.4 is 10.9 Å². The maximum atomic E-state index is 12.3. The van der Waals surface area contributed by atoms with Gasteiger partial charge in [0.05, 0.1) is 11.9 Å². The number of fused-ring (bicyclic) bond motifs is 1. The van der Waals surface area contributed by atoms with Crippen LogP contribution in [0.5, 0.6) is 0 Å². The number of carbonyl (C=O) groups excluding carboxylic acids is 1. The second-order valence-corrected chi connectivity index (χ2v) is 5.94. The van der Waals surface area contributed by atoms with Crippen molar-refractivity contribution in [2.45, 2.75) is 0 Å². The van der Waals surface area contributed by atoms with E-state index in [1.54, 1.807) is 28.9 Å². The molecule has 8 heteroatoms. The van der Waals surface area contributed by atoms with Crippen LogP contribution in [0.4, 0.5) is 5.95 Å². The summed E-state index contributed by atoms with van der Waals surface area (Å²) in [5.41, 5.74) is 1.12. The molecule has 0 aliphatic carbocycles. The molecule has 4 aromatic rings. The number of halogens is 1. The lowest BCUT2D eigenvalue weighted by Gasteiger charge is -2.06. The quantitative estimate of drug-likeness (QED) is 0.583. The molecule has 4 rings (SSSR count). The van der Waals surface area contributed by atoms with Crippen LogP contribution in [0.1, 0.15) is 10.4 Å². The lowest BCUT2D eigenvalue weighted by molar-refractivity contribution is 0.102. The average molecular weight is 366 g/mol. The minimum Gasteiger partial charge on any atom is -0.292 e. The van der Waals surface area contributed by atoms with E-state index >= 15 is 0 Å². The Kier molecular flexibility index (Phi) is 3.98. The maximum absolute atomic E-state index is 12.3. The van der Waals surface area contributed by atoms with Gasteiger partial charge in [-0.2, -0.15) is 10.1 Å². The number of H-pyrrole nitrogens is 1. The highest BCUT2D eigenvalue weighted by Gasteiger charge is 2.13. The van der Waals surface area contributed by atoms with Crippen molar-refractivity contribution in [2.24, 2.45) is 0 Å². The fourth-order valence-corrected chi connectivity index (χ4v) is 2.64. The van der Waals surface area contributed by atoms with Gasteiger partial charge in [0.15, 0.2) is 5.65 Å². The Hall–Kier alpha value is -3.45. The van der Waals surface area contributed by atoms with Gasteiger partial charge in [-0.05, 0) is 36.4 Å². The van der Waals surface area contributed by atoms with Crippen LogP contribution in [0.25, 0.3) is 16.7 Å². The topological polar surface area (TPSA) is 92.7 Å². The first-order valence-electron chi connectivity index (χ1n) is 7.72. The Morgan fingerprint density at radius 3 is 2.54 bits per heavy atom. The summed E-state index contributed by atoms with van der Waals surface area (Å²) in [5.74, 6) is -0.366. The molecule has 0 saturated heterocycles. The van der Waals surface area contributed by atoms with Gasteiger partial charge >= 0.3 is 0 Å². The van der Waals surface area contributed by atoms with E-state index in [9.17, 15) is 9.59 Å². The number of aromatic nitrogens is 4. The van der Waals surface area contributed by atoms with E-state index in [4.69, 9.17) is 11.6 Å². The van der Waals surface area contributed by atoms with Crippen LogP contribution in [-0.4, -0.2) is 25.7 Å². The third kappa shape index (κ3) is 2.96. The second-order valence-electron chi connectivity index (χ2n) is 5.50. The third-order valence-corrected chi connectivity index (χ3v) is 4.03. The fraction of sp³-hybridized carbons (Fsp3) is 0. The van der Waals surface area contributed by atoms with Crippen molar-refractivity contribution in [1.82, 2.24) is 19.7 Å². The van der Waals surface area contributed by atoms with Gasteiger partial charge in [0, 0.05) is 10.6 Å². The summed E-state index contributed by atoms with van der Waals surface area (Å²) in [4.78, 5) is 31.5. The van der Waals surface area contributed by atoms with Crippen molar-refractivity contribution >= 4 is 34.5 Å². The molecule has 0 radical (unpaired) electrons. The maximum Gasteiger partial charge on any atom is 0.263 e. The number of hydrogen-bond donors (Lipinski definition) is 2. The Morgan fingerprint density at radius 1 is 1.08 bits per heavy atom. The van der Waals surface area contributed by atoms with E-state index in [0.717, 1.165) is 5.69 Å². The average Bonchev–Trinajstić information content (AvgIpc) is 3.07. The highest BCUT2D eigenvalue weighted by Crippen LogP contribution is 2.15. The lowest BCUT2D eigenvalue weighted by Crippen LogP contribution is -2.18. The number of amides is 1. The van der Waals surface area contributed by atoms with Crippen LogP contribution in [-0.2, 0) is 0 Å². The zero-order chi connectivity index (χ0) is 18.1. The number of para-hydroxylation sites is 1. The predicted molar refractivity (Wildman–Crippen MR) is 98.9 cm³/mol. The molecule has 2 aromatic carbocycles. The van der Waals surface area contributed by atoms with E-state index in [1.807, 2.05) is 30.3 Å². The molecule has 0 aliphatic rings. The summed E-state index contributed by atoms with van der Waals surface area (Å²) in [6.07, 6.45) is 1.44. The largest absolute Gasteiger partial charge is 0.292 e. The summed E-state index contributed by atoms with van der Waals surface area (Å²) in [5, 5.41) is 7.67. The summed E-state index contributed by atoms with van der Waals surface area (Å²) in [7, 11) is 0. The monoisotopic (exact) mass is 365 g/mol. The zero-order valence-corrected chi connectivity index (χ0v) is 14.1. The molecular weight excluding hydrogens is 354 g/mol. The van der Waals surface area contributed by atoms with E-state index in [1.165, 1.54) is 6.20 Å². The Morgan fingerprint density at radius 2 is 1.81 bits per heavy atom. The van der Waals surface area contributed by atoms with Crippen molar-refractivity contribution in [3.05, 3.63) is 81.7 Å². The standard InChI is InChI=1S/C18H12ClN5O2/c19-12-8-6-11(7-9-12)16(25)22-18-21-15-14(17(26)23-18)10-20-24(15)13-4-2-1-3-5-13/h1-10H,(H2,21,22,23,25,26). The molecule has 7 nitrogen and oxygen atoms in total. The number of anilines is 1. The van der Waals surface area contributed by atoms with E-state index < -0.39 is 5.91 Å². The molecule has 26 heavy (non-hydrogen) atoms. The van der Waals surface area contributed by atoms with E-state index in [2.05, 4.69) is 20.4 Å². The van der Waals surface area contributed by atoms with Gasteiger partial charge in [-0.25, -0.2) is 4.68 Å². The number of aromatic amines is 1. The molecular formula is C18H12ClN5O2. The molecule has 128 valence electrons. The van der Waals surface area contributed by atoms with Crippen LogP contribution >= 0.6 is 11.6 Å². The molecule has 0 atom stereocenters.